The molecule has 0 heterocycles. The van der Waals surface area contributed by atoms with Gasteiger partial charge in [-0.05, 0) is 30.2 Å². The van der Waals surface area contributed by atoms with Crippen molar-refractivity contribution >= 4 is 28.9 Å². The number of rotatable bonds is 7. The minimum Gasteiger partial charge on any atom is -0.380 e. The zero-order chi connectivity index (χ0) is 18.4. The Bertz CT molecular complexity index is 750. The van der Waals surface area contributed by atoms with Crippen LogP contribution >= 0.6 is 11.6 Å². The van der Waals surface area contributed by atoms with E-state index >= 15 is 0 Å². The molecule has 0 aromatic heterocycles. The fourth-order valence-corrected chi connectivity index (χ4v) is 2.51. The van der Waals surface area contributed by atoms with Gasteiger partial charge in [-0.25, -0.2) is 0 Å². The van der Waals surface area contributed by atoms with Gasteiger partial charge in [0.05, 0.1) is 4.92 Å². The number of para-hydroxylation sites is 1. The molecule has 132 valence electrons. The summed E-state index contributed by atoms with van der Waals surface area (Å²) in [6.45, 7) is 4.42. The summed E-state index contributed by atoms with van der Waals surface area (Å²) < 4.78 is 0. The van der Waals surface area contributed by atoms with Gasteiger partial charge < -0.3 is 10.6 Å². The van der Waals surface area contributed by atoms with Crippen LogP contribution in [0.25, 0.3) is 0 Å². The molecule has 2 rings (SSSR count). The van der Waals surface area contributed by atoms with Crippen LogP contribution in [0.2, 0.25) is 5.02 Å². The topological polar surface area (TPSA) is 84.3 Å². The van der Waals surface area contributed by atoms with Crippen LogP contribution in [0.5, 0.6) is 0 Å². The zero-order valence-corrected chi connectivity index (χ0v) is 14.8. The number of benzene rings is 2. The third kappa shape index (κ3) is 5.19. The third-order valence-electron chi connectivity index (χ3n) is 3.81. The van der Waals surface area contributed by atoms with Crippen LogP contribution in [-0.2, 0) is 0 Å². The van der Waals surface area contributed by atoms with Crippen LogP contribution in [0.3, 0.4) is 0 Å². The van der Waals surface area contributed by atoms with Gasteiger partial charge in [-0.3, -0.25) is 14.9 Å². The molecule has 0 radical (unpaired) electrons. The molecular weight excluding hydrogens is 342 g/mol. The SMILES string of the molecule is CC(C)C(CNC(=O)c1ccc(Cl)cc1[N+](=O)[O-])Nc1ccccc1. The summed E-state index contributed by atoms with van der Waals surface area (Å²) in [5.41, 5.74) is 0.645. The van der Waals surface area contributed by atoms with Gasteiger partial charge in [0.15, 0.2) is 0 Å². The van der Waals surface area contributed by atoms with E-state index < -0.39 is 10.8 Å². The maximum Gasteiger partial charge on any atom is 0.283 e. The van der Waals surface area contributed by atoms with Gasteiger partial charge in [-0.2, -0.15) is 0 Å². The monoisotopic (exact) mass is 361 g/mol. The lowest BCUT2D eigenvalue weighted by Gasteiger charge is -2.24. The van der Waals surface area contributed by atoms with E-state index in [2.05, 4.69) is 10.6 Å². The first kappa shape index (κ1) is 18.7. The lowest BCUT2D eigenvalue weighted by molar-refractivity contribution is -0.385. The molecule has 0 spiro atoms. The van der Waals surface area contributed by atoms with Crippen LogP contribution in [0.4, 0.5) is 11.4 Å². The van der Waals surface area contributed by atoms with Gasteiger partial charge in [0.1, 0.15) is 5.56 Å². The van der Waals surface area contributed by atoms with Crippen molar-refractivity contribution < 1.29 is 9.72 Å². The Labute approximate surface area is 151 Å². The number of carbonyl (C=O) groups excluding carboxylic acids is 1. The van der Waals surface area contributed by atoms with E-state index in [1.165, 1.54) is 18.2 Å². The molecule has 1 atom stereocenters. The number of hydrogen-bond donors (Lipinski definition) is 2. The number of amides is 1. The van der Waals surface area contributed by atoms with Gasteiger partial charge >= 0.3 is 0 Å². The maximum atomic E-state index is 12.4. The summed E-state index contributed by atoms with van der Waals surface area (Å²) in [6, 6.07) is 13.7. The van der Waals surface area contributed by atoms with Crippen LogP contribution < -0.4 is 10.6 Å². The number of hydrogen-bond acceptors (Lipinski definition) is 4. The Morgan fingerprint density at radius 1 is 1.20 bits per heavy atom. The molecule has 6 nitrogen and oxygen atoms in total. The second kappa shape index (κ2) is 8.48. The summed E-state index contributed by atoms with van der Waals surface area (Å²) in [7, 11) is 0. The molecule has 2 N–H and O–H groups in total. The molecule has 1 amide bonds. The van der Waals surface area contributed by atoms with Crippen molar-refractivity contribution in [2.45, 2.75) is 19.9 Å². The van der Waals surface area contributed by atoms with Gasteiger partial charge in [-0.15, -0.1) is 0 Å². The third-order valence-corrected chi connectivity index (χ3v) is 4.05. The van der Waals surface area contributed by atoms with Crippen molar-refractivity contribution in [2.75, 3.05) is 11.9 Å². The molecule has 0 saturated carbocycles. The number of anilines is 1. The summed E-state index contributed by atoms with van der Waals surface area (Å²) >= 11 is 5.78. The predicted octanol–water partition coefficient (Wildman–Crippen LogP) is 4.11. The van der Waals surface area contributed by atoms with Crippen molar-refractivity contribution in [2.24, 2.45) is 5.92 Å². The Morgan fingerprint density at radius 2 is 1.88 bits per heavy atom. The highest BCUT2D eigenvalue weighted by atomic mass is 35.5. The number of nitrogens with zero attached hydrogens (tertiary/aromatic N) is 1. The average molecular weight is 362 g/mol. The second-order valence-electron chi connectivity index (χ2n) is 5.99. The summed E-state index contributed by atoms with van der Waals surface area (Å²) in [5.74, 6) is -0.246. The molecule has 0 aliphatic rings. The van der Waals surface area contributed by atoms with Crippen LogP contribution in [-0.4, -0.2) is 23.4 Å². The quantitative estimate of drug-likeness (QED) is 0.574. The summed E-state index contributed by atoms with van der Waals surface area (Å²) in [6.07, 6.45) is 0. The number of carbonyl (C=O) groups is 1. The van der Waals surface area contributed by atoms with E-state index in [0.717, 1.165) is 5.69 Å². The summed E-state index contributed by atoms with van der Waals surface area (Å²) in [5, 5.41) is 17.5. The molecule has 0 aliphatic carbocycles. The second-order valence-corrected chi connectivity index (χ2v) is 6.43. The van der Waals surface area contributed by atoms with Gasteiger partial charge in [0, 0.05) is 29.4 Å². The van der Waals surface area contributed by atoms with Crippen LogP contribution in [0, 0.1) is 16.0 Å². The minimum absolute atomic E-state index is 0.00313. The van der Waals surface area contributed by atoms with Crippen LogP contribution in [0.1, 0.15) is 24.2 Å². The van der Waals surface area contributed by atoms with E-state index in [0.29, 0.717) is 6.54 Å². The molecular formula is C18H20ClN3O3. The fourth-order valence-electron chi connectivity index (χ4n) is 2.35. The molecule has 0 saturated heterocycles. The number of nitrogens with one attached hydrogen (secondary N) is 2. The molecule has 7 heteroatoms. The molecule has 0 aliphatic heterocycles. The van der Waals surface area contributed by atoms with Crippen molar-refractivity contribution in [3.05, 3.63) is 69.2 Å². The molecule has 0 bridgehead atoms. The van der Waals surface area contributed by atoms with Gasteiger partial charge in [0.25, 0.3) is 11.6 Å². The normalized spacial score (nSPS) is 11.8. The van der Waals surface area contributed by atoms with Gasteiger partial charge in [0.2, 0.25) is 0 Å². The first-order valence-electron chi connectivity index (χ1n) is 7.92. The Kier molecular flexibility index (Phi) is 6.36. The first-order valence-corrected chi connectivity index (χ1v) is 8.30. The highest BCUT2D eigenvalue weighted by Gasteiger charge is 2.22. The van der Waals surface area contributed by atoms with Crippen LogP contribution in [0.15, 0.2) is 48.5 Å². The fraction of sp³-hybridized carbons (Fsp3) is 0.278. The minimum atomic E-state index is -0.608. The van der Waals surface area contributed by atoms with E-state index in [9.17, 15) is 14.9 Å². The van der Waals surface area contributed by atoms with E-state index in [4.69, 9.17) is 11.6 Å². The molecule has 25 heavy (non-hydrogen) atoms. The van der Waals surface area contributed by atoms with E-state index in [1.54, 1.807) is 0 Å². The van der Waals surface area contributed by atoms with Crippen molar-refractivity contribution in [1.29, 1.82) is 0 Å². The first-order chi connectivity index (χ1) is 11.9. The van der Waals surface area contributed by atoms with Crippen molar-refractivity contribution in [1.82, 2.24) is 5.32 Å². The maximum absolute atomic E-state index is 12.4. The average Bonchev–Trinajstić information content (AvgIpc) is 2.58. The highest BCUT2D eigenvalue weighted by Crippen LogP contribution is 2.23. The van der Waals surface area contributed by atoms with Crippen molar-refractivity contribution in [3.63, 3.8) is 0 Å². The highest BCUT2D eigenvalue weighted by molar-refractivity contribution is 6.31. The van der Waals surface area contributed by atoms with Crippen molar-refractivity contribution in [3.8, 4) is 0 Å². The number of nitro benzene ring substituents is 1. The molecule has 2 aromatic carbocycles. The molecule has 1 unspecified atom stereocenters. The largest absolute Gasteiger partial charge is 0.380 e. The molecule has 2 aromatic rings. The lowest BCUT2D eigenvalue weighted by atomic mass is 10.0. The standard InChI is InChI=1S/C18H20ClN3O3/c1-12(2)16(21-14-6-4-3-5-7-14)11-20-18(23)15-9-8-13(19)10-17(15)22(24)25/h3-10,12,16,21H,11H2,1-2H3,(H,20,23). The lowest BCUT2D eigenvalue weighted by Crippen LogP contribution is -2.39. The molecule has 0 fully saturated rings. The van der Waals surface area contributed by atoms with E-state index in [1.807, 2.05) is 44.2 Å². The van der Waals surface area contributed by atoms with E-state index in [-0.39, 0.29) is 28.2 Å². The zero-order valence-electron chi connectivity index (χ0n) is 14.0. The number of halogens is 1. The Hall–Kier alpha value is -2.60. The predicted molar refractivity (Wildman–Crippen MR) is 99.1 cm³/mol. The summed E-state index contributed by atoms with van der Waals surface area (Å²) in [4.78, 5) is 22.9. The number of nitro groups is 1. The smallest absolute Gasteiger partial charge is 0.283 e. The Balaban J connectivity index is 2.08. The van der Waals surface area contributed by atoms with Gasteiger partial charge in [-0.1, -0.05) is 43.6 Å². The Morgan fingerprint density at radius 3 is 2.48 bits per heavy atom.